The number of ether oxygens (including phenoxy) is 2. The summed E-state index contributed by atoms with van der Waals surface area (Å²) in [7, 11) is 0. The fraction of sp³-hybridized carbons (Fsp3) is 0.739. The first-order chi connectivity index (χ1) is 21.2. The lowest BCUT2D eigenvalue weighted by Gasteiger charge is -2.40. The molecular weight excluding hydrogens is 752 g/mol. The average molecular weight is 774 g/mol. The molecule has 0 amide bonds. The van der Waals surface area contributed by atoms with E-state index in [0.29, 0.717) is 0 Å². The van der Waals surface area contributed by atoms with Crippen molar-refractivity contribution >= 4 is 11.9 Å². The van der Waals surface area contributed by atoms with Gasteiger partial charge in [-0.05, 0) is 13.8 Å². The Morgan fingerprint density at radius 2 is 0.776 bits per heavy atom. The van der Waals surface area contributed by atoms with E-state index in [-0.39, 0.29) is 11.1 Å². The van der Waals surface area contributed by atoms with Gasteiger partial charge in [0.25, 0.3) is 0 Å². The van der Waals surface area contributed by atoms with Gasteiger partial charge in [0, 0.05) is 24.0 Å². The second-order valence-electron chi connectivity index (χ2n) is 9.76. The number of alkyl halides is 20. The highest BCUT2D eigenvalue weighted by molar-refractivity contribution is 5.87. The van der Waals surface area contributed by atoms with Crippen molar-refractivity contribution < 1.29 is 117 Å². The normalized spacial score (nSPS) is 15.4. The van der Waals surface area contributed by atoms with Crippen LogP contribution in [-0.2, 0) is 19.1 Å². The lowest BCUT2D eigenvalue weighted by atomic mass is 9.88. The maximum Gasteiger partial charge on any atom is 0.460 e. The SMILES string of the molecule is C=C(C)C(=O)OCC(O)CC(F)(F)C(F)(F)C(F)(C(F)(F)F)C(F)(F)F.C=C(C)C(=O)OCC(O)CC(F)(F)C(F)(F)C(F)(F)C(F)(F)F. The summed E-state index contributed by atoms with van der Waals surface area (Å²) in [6.07, 6.45) is -32.5. The Hall–Kier alpha value is -3.06. The van der Waals surface area contributed by atoms with Gasteiger partial charge in [-0.15, -0.1) is 0 Å². The van der Waals surface area contributed by atoms with Crippen LogP contribution in [0.5, 0.6) is 0 Å². The fourth-order valence-electron chi connectivity index (χ4n) is 2.73. The van der Waals surface area contributed by atoms with Crippen LogP contribution in [0, 0.1) is 0 Å². The van der Waals surface area contributed by atoms with E-state index >= 15 is 0 Å². The van der Waals surface area contributed by atoms with E-state index in [4.69, 9.17) is 10.2 Å². The van der Waals surface area contributed by atoms with Gasteiger partial charge in [0.15, 0.2) is 0 Å². The Kier molecular flexibility index (Phi) is 15.2. The minimum atomic E-state index is -7.59. The van der Waals surface area contributed by atoms with E-state index in [9.17, 15) is 97.4 Å². The van der Waals surface area contributed by atoms with E-state index in [2.05, 4.69) is 22.6 Å². The fourth-order valence-corrected chi connectivity index (χ4v) is 2.73. The topological polar surface area (TPSA) is 93.1 Å². The number of esters is 2. The molecule has 0 aromatic rings. The summed E-state index contributed by atoms with van der Waals surface area (Å²) in [6.45, 7) is 5.41. The molecule has 0 aliphatic carbocycles. The van der Waals surface area contributed by atoms with Crippen LogP contribution in [0.25, 0.3) is 0 Å². The van der Waals surface area contributed by atoms with Gasteiger partial charge in [0.1, 0.15) is 13.2 Å². The first-order valence-electron chi connectivity index (χ1n) is 12.0. The molecule has 0 radical (unpaired) electrons. The lowest BCUT2D eigenvalue weighted by molar-refractivity contribution is -0.428. The summed E-state index contributed by atoms with van der Waals surface area (Å²) in [5, 5.41) is 18.0. The van der Waals surface area contributed by atoms with Crippen LogP contribution in [0.4, 0.5) is 87.8 Å². The summed E-state index contributed by atoms with van der Waals surface area (Å²) >= 11 is 0. The molecule has 0 aliphatic heterocycles. The quantitative estimate of drug-likeness (QED) is 0.110. The van der Waals surface area contributed by atoms with Crippen LogP contribution in [0.2, 0.25) is 0 Å². The number of halogens is 20. The largest absolute Gasteiger partial charge is 0.460 e. The van der Waals surface area contributed by atoms with Gasteiger partial charge >= 0.3 is 65.7 Å². The van der Waals surface area contributed by atoms with E-state index < -0.39 is 104 Å². The molecule has 0 aliphatic rings. The molecule has 0 spiro atoms. The monoisotopic (exact) mass is 774 g/mol. The standard InChI is InChI=1S/C12H11F11O3.C11H11F9O3/c1-5(2)7(25)26-4-6(24)3-8(13,14)10(16,17)9(15,11(18,19)20)12(21,22)23;1-5(2)7(22)23-4-6(21)3-8(12,13)9(14,15)10(16,17)11(18,19)20/h6,24H,1,3-4H2,2H3;6,21H,1,3-4H2,2H3. The van der Waals surface area contributed by atoms with Crippen LogP contribution in [0.15, 0.2) is 24.3 Å². The number of hydrogen-bond acceptors (Lipinski definition) is 6. The number of aliphatic hydroxyl groups excluding tert-OH is 2. The van der Waals surface area contributed by atoms with Crippen molar-refractivity contribution in [1.82, 2.24) is 0 Å². The van der Waals surface area contributed by atoms with Crippen LogP contribution in [0.1, 0.15) is 26.7 Å². The van der Waals surface area contributed by atoms with E-state index in [0.717, 1.165) is 13.8 Å². The molecule has 2 N–H and O–H groups in total. The number of hydrogen-bond donors (Lipinski definition) is 2. The van der Waals surface area contributed by atoms with Gasteiger partial charge in [-0.2, -0.15) is 83.4 Å². The number of carbonyl (C=O) groups excluding carboxylic acids is 2. The minimum absolute atomic E-state index is 0.252. The van der Waals surface area contributed by atoms with Crippen LogP contribution < -0.4 is 0 Å². The van der Waals surface area contributed by atoms with Gasteiger partial charge in [-0.1, -0.05) is 13.2 Å². The Bertz CT molecular complexity index is 1160. The average Bonchev–Trinajstić information content (AvgIpc) is 2.87. The maximum atomic E-state index is 13.4. The van der Waals surface area contributed by atoms with E-state index in [1.165, 1.54) is 0 Å². The lowest BCUT2D eigenvalue weighted by Crippen LogP contribution is -2.70. The molecule has 0 aromatic carbocycles. The number of carbonyl (C=O) groups is 2. The molecule has 0 bridgehead atoms. The smallest absolute Gasteiger partial charge is 0.460 e. The van der Waals surface area contributed by atoms with Crippen LogP contribution >= 0.6 is 0 Å². The second-order valence-corrected chi connectivity index (χ2v) is 9.76. The third-order valence-corrected chi connectivity index (χ3v) is 5.38. The molecule has 2 unspecified atom stereocenters. The summed E-state index contributed by atoms with van der Waals surface area (Å²) in [5.74, 6) is -36.0. The molecule has 0 saturated heterocycles. The zero-order valence-electron chi connectivity index (χ0n) is 24.0. The molecule has 49 heavy (non-hydrogen) atoms. The summed E-state index contributed by atoms with van der Waals surface area (Å²) < 4.78 is 261. The van der Waals surface area contributed by atoms with Gasteiger partial charge < -0.3 is 19.7 Å². The highest BCUT2D eigenvalue weighted by Crippen LogP contribution is 2.60. The minimum Gasteiger partial charge on any atom is -0.460 e. The van der Waals surface area contributed by atoms with Gasteiger partial charge in [-0.25, -0.2) is 14.0 Å². The third kappa shape index (κ3) is 10.7. The Morgan fingerprint density at radius 1 is 0.510 bits per heavy atom. The zero-order valence-corrected chi connectivity index (χ0v) is 24.0. The van der Waals surface area contributed by atoms with Crippen LogP contribution in [0.3, 0.4) is 0 Å². The zero-order chi connectivity index (χ0) is 40.2. The first kappa shape index (κ1) is 48.1. The molecule has 290 valence electrons. The molecule has 0 aromatic heterocycles. The molecule has 0 rings (SSSR count). The van der Waals surface area contributed by atoms with Gasteiger partial charge in [0.2, 0.25) is 0 Å². The summed E-state index contributed by atoms with van der Waals surface area (Å²) in [4.78, 5) is 21.8. The van der Waals surface area contributed by atoms with E-state index in [1.807, 2.05) is 0 Å². The number of aliphatic hydroxyl groups is 2. The summed E-state index contributed by atoms with van der Waals surface area (Å²) in [5.41, 5.74) is -8.19. The Morgan fingerprint density at radius 3 is 1.00 bits per heavy atom. The van der Waals surface area contributed by atoms with Crippen molar-refractivity contribution in [3.8, 4) is 0 Å². The molecule has 2 atom stereocenters. The maximum absolute atomic E-state index is 13.4. The molecule has 0 saturated carbocycles. The van der Waals surface area contributed by atoms with Crippen molar-refractivity contribution in [2.75, 3.05) is 13.2 Å². The first-order valence-corrected chi connectivity index (χ1v) is 12.0. The molecule has 26 heteroatoms. The molecule has 6 nitrogen and oxygen atoms in total. The molecule has 0 fully saturated rings. The predicted octanol–water partition coefficient (Wildman–Crippen LogP) is 7.29. The second kappa shape index (κ2) is 15.4. The highest BCUT2D eigenvalue weighted by Gasteiger charge is 2.90. The van der Waals surface area contributed by atoms with Gasteiger partial charge in [0.05, 0.1) is 12.2 Å². The third-order valence-electron chi connectivity index (χ3n) is 5.38. The Labute approximate surface area is 260 Å². The van der Waals surface area contributed by atoms with Crippen molar-refractivity contribution in [2.24, 2.45) is 0 Å². The summed E-state index contributed by atoms with van der Waals surface area (Å²) in [6, 6.07) is 0. The van der Waals surface area contributed by atoms with Crippen molar-refractivity contribution in [3.05, 3.63) is 24.3 Å². The van der Waals surface area contributed by atoms with Crippen molar-refractivity contribution in [1.29, 1.82) is 0 Å². The molecular formula is C23H22F20O6. The van der Waals surface area contributed by atoms with Crippen molar-refractivity contribution in [2.45, 2.75) is 92.7 Å². The van der Waals surface area contributed by atoms with E-state index in [1.54, 1.807) is 0 Å². The predicted molar refractivity (Wildman–Crippen MR) is 120 cm³/mol. The Balaban J connectivity index is 0. The highest BCUT2D eigenvalue weighted by atomic mass is 19.4. The van der Waals surface area contributed by atoms with Gasteiger partial charge in [-0.3, -0.25) is 0 Å². The van der Waals surface area contributed by atoms with Crippen molar-refractivity contribution in [3.63, 3.8) is 0 Å². The van der Waals surface area contributed by atoms with Crippen LogP contribution in [-0.4, -0.2) is 101 Å². The number of rotatable bonds is 14. The molecule has 0 heterocycles.